The van der Waals surface area contributed by atoms with Gasteiger partial charge in [0.05, 0.1) is 4.90 Å². The lowest BCUT2D eigenvalue weighted by molar-refractivity contribution is 0.171. The number of ether oxygens (including phenoxy) is 2. The number of fused-ring (bicyclic) bond motifs is 1. The maximum absolute atomic E-state index is 12.1. The first-order chi connectivity index (χ1) is 9.49. The van der Waals surface area contributed by atoms with Gasteiger partial charge in [0.2, 0.25) is 10.0 Å². The third-order valence-electron chi connectivity index (χ3n) is 2.89. The van der Waals surface area contributed by atoms with Gasteiger partial charge >= 0.3 is 0 Å². The molecule has 0 spiro atoms. The van der Waals surface area contributed by atoms with Gasteiger partial charge in [0, 0.05) is 17.4 Å². The van der Waals surface area contributed by atoms with Gasteiger partial charge in [-0.3, -0.25) is 0 Å². The van der Waals surface area contributed by atoms with Crippen molar-refractivity contribution in [3.8, 4) is 11.5 Å². The molecule has 1 atom stereocenters. The Morgan fingerprint density at radius 3 is 2.70 bits per heavy atom. The van der Waals surface area contributed by atoms with Crippen LogP contribution in [-0.2, 0) is 10.0 Å². The lowest BCUT2D eigenvalue weighted by Gasteiger charge is -2.18. The molecule has 1 N–H and O–H groups in total. The van der Waals surface area contributed by atoms with Gasteiger partial charge in [0.1, 0.15) is 13.2 Å². The number of hydrogen-bond donors (Lipinski definition) is 1. The van der Waals surface area contributed by atoms with E-state index in [1.165, 1.54) is 12.1 Å². The van der Waals surface area contributed by atoms with Crippen molar-refractivity contribution in [1.29, 1.82) is 0 Å². The number of benzene rings is 1. The molecule has 0 radical (unpaired) electrons. The molecular formula is C13H18BrNO4S. The largest absolute Gasteiger partial charge is 0.486 e. The Kier molecular flexibility index (Phi) is 5.29. The average molecular weight is 364 g/mol. The highest BCUT2D eigenvalue weighted by Gasteiger charge is 2.18. The van der Waals surface area contributed by atoms with E-state index in [2.05, 4.69) is 20.7 Å². The predicted molar refractivity (Wildman–Crippen MR) is 80.2 cm³/mol. The van der Waals surface area contributed by atoms with Crippen molar-refractivity contribution < 1.29 is 17.9 Å². The Labute approximate surface area is 127 Å². The predicted octanol–water partition coefficient (Wildman–Crippen LogP) is 2.30. The first kappa shape index (κ1) is 15.6. The van der Waals surface area contributed by atoms with Crippen LogP contribution in [0.3, 0.4) is 0 Å². The van der Waals surface area contributed by atoms with Crippen LogP contribution in [0.1, 0.15) is 19.8 Å². The molecule has 0 aromatic heterocycles. The minimum atomic E-state index is -3.49. The van der Waals surface area contributed by atoms with Crippen LogP contribution >= 0.6 is 15.9 Å². The first-order valence-electron chi connectivity index (χ1n) is 6.52. The van der Waals surface area contributed by atoms with Crippen molar-refractivity contribution in [2.24, 2.45) is 0 Å². The molecule has 0 saturated carbocycles. The molecule has 0 bridgehead atoms. The Morgan fingerprint density at radius 2 is 2.00 bits per heavy atom. The van der Waals surface area contributed by atoms with Crippen molar-refractivity contribution in [3.63, 3.8) is 0 Å². The second kappa shape index (κ2) is 6.78. The summed E-state index contributed by atoms with van der Waals surface area (Å²) in [6, 6.07) is 4.66. The average Bonchev–Trinajstić information content (AvgIpc) is 2.43. The Hall–Kier alpha value is -0.790. The molecule has 20 heavy (non-hydrogen) atoms. The fourth-order valence-corrected chi connectivity index (χ4v) is 3.28. The van der Waals surface area contributed by atoms with E-state index in [1.54, 1.807) is 6.07 Å². The summed E-state index contributed by atoms with van der Waals surface area (Å²) in [6.07, 6.45) is 1.71. The molecule has 1 aromatic rings. The summed E-state index contributed by atoms with van der Waals surface area (Å²) in [5.41, 5.74) is 0. The van der Waals surface area contributed by atoms with Crippen LogP contribution in [0.5, 0.6) is 11.5 Å². The number of nitrogens with one attached hydrogen (secondary N) is 1. The van der Waals surface area contributed by atoms with Gasteiger partial charge in [0.15, 0.2) is 11.5 Å². The molecule has 1 aliphatic rings. The van der Waals surface area contributed by atoms with Gasteiger partial charge in [-0.15, -0.1) is 0 Å². The van der Waals surface area contributed by atoms with E-state index < -0.39 is 10.0 Å². The molecule has 1 heterocycles. The minimum Gasteiger partial charge on any atom is -0.486 e. The highest BCUT2D eigenvalue weighted by Crippen LogP contribution is 2.32. The van der Waals surface area contributed by atoms with Gasteiger partial charge in [-0.25, -0.2) is 13.1 Å². The smallest absolute Gasteiger partial charge is 0.240 e. The molecular weight excluding hydrogens is 346 g/mol. The van der Waals surface area contributed by atoms with Gasteiger partial charge in [-0.05, 0) is 25.0 Å². The minimum absolute atomic E-state index is 0.202. The SMILES string of the molecule is CC(Br)CCCNS(=O)(=O)c1ccc2c(c1)OCCO2. The zero-order valence-electron chi connectivity index (χ0n) is 11.3. The number of rotatable bonds is 6. The van der Waals surface area contributed by atoms with Crippen LogP contribution in [0.15, 0.2) is 23.1 Å². The van der Waals surface area contributed by atoms with E-state index in [1.807, 2.05) is 6.92 Å². The summed E-state index contributed by atoms with van der Waals surface area (Å²) in [6.45, 7) is 3.39. The summed E-state index contributed by atoms with van der Waals surface area (Å²) >= 11 is 3.43. The zero-order valence-corrected chi connectivity index (χ0v) is 13.7. The van der Waals surface area contributed by atoms with Crippen LogP contribution in [0.4, 0.5) is 0 Å². The van der Waals surface area contributed by atoms with E-state index in [0.29, 0.717) is 36.1 Å². The second-order valence-electron chi connectivity index (χ2n) is 4.63. The lowest BCUT2D eigenvalue weighted by atomic mass is 10.2. The molecule has 1 unspecified atom stereocenters. The fourth-order valence-electron chi connectivity index (χ4n) is 1.86. The van der Waals surface area contributed by atoms with Crippen LogP contribution in [0.2, 0.25) is 0 Å². The van der Waals surface area contributed by atoms with Gasteiger partial charge in [-0.1, -0.05) is 22.9 Å². The molecule has 0 aliphatic carbocycles. The normalized spacial score (nSPS) is 15.9. The Morgan fingerprint density at radius 1 is 1.30 bits per heavy atom. The van der Waals surface area contributed by atoms with Crippen molar-refractivity contribution in [2.45, 2.75) is 29.5 Å². The van der Waals surface area contributed by atoms with Crippen molar-refractivity contribution in [1.82, 2.24) is 4.72 Å². The van der Waals surface area contributed by atoms with E-state index >= 15 is 0 Å². The summed E-state index contributed by atoms with van der Waals surface area (Å²) in [7, 11) is -3.49. The first-order valence-corrected chi connectivity index (χ1v) is 8.92. The standard InChI is InChI=1S/C13H18BrNO4S/c1-10(14)3-2-6-15-20(16,17)11-4-5-12-13(9-11)19-8-7-18-12/h4-5,9-10,15H,2-3,6-8H2,1H3. The number of hydrogen-bond acceptors (Lipinski definition) is 4. The summed E-state index contributed by atoms with van der Waals surface area (Å²) < 4.78 is 37.6. The highest BCUT2D eigenvalue weighted by atomic mass is 79.9. The van der Waals surface area contributed by atoms with Crippen LogP contribution in [0.25, 0.3) is 0 Å². The maximum Gasteiger partial charge on any atom is 0.240 e. The highest BCUT2D eigenvalue weighted by molar-refractivity contribution is 9.09. The molecule has 0 fully saturated rings. The van der Waals surface area contributed by atoms with E-state index in [4.69, 9.17) is 9.47 Å². The number of halogens is 1. The quantitative estimate of drug-likeness (QED) is 0.622. The molecule has 5 nitrogen and oxygen atoms in total. The van der Waals surface area contributed by atoms with Gasteiger partial charge in [-0.2, -0.15) is 0 Å². The Bertz CT molecular complexity index is 559. The third kappa shape index (κ3) is 4.10. The molecule has 0 amide bonds. The van der Waals surface area contributed by atoms with Crippen molar-refractivity contribution >= 4 is 26.0 Å². The molecule has 7 heteroatoms. The molecule has 2 rings (SSSR count). The lowest BCUT2D eigenvalue weighted by Crippen LogP contribution is -2.25. The van der Waals surface area contributed by atoms with Crippen molar-refractivity contribution in [3.05, 3.63) is 18.2 Å². The van der Waals surface area contributed by atoms with Crippen LogP contribution in [-0.4, -0.2) is 33.0 Å². The Balaban J connectivity index is 2.02. The topological polar surface area (TPSA) is 64.6 Å². The van der Waals surface area contributed by atoms with Crippen LogP contribution in [0, 0.1) is 0 Å². The van der Waals surface area contributed by atoms with Crippen molar-refractivity contribution in [2.75, 3.05) is 19.8 Å². The molecule has 0 saturated heterocycles. The van der Waals surface area contributed by atoms with E-state index in [9.17, 15) is 8.42 Å². The van der Waals surface area contributed by atoms with Gasteiger partial charge in [0.25, 0.3) is 0 Å². The number of sulfonamides is 1. The number of alkyl halides is 1. The second-order valence-corrected chi connectivity index (χ2v) is 7.96. The van der Waals surface area contributed by atoms with Gasteiger partial charge < -0.3 is 9.47 Å². The van der Waals surface area contributed by atoms with E-state index in [-0.39, 0.29) is 4.90 Å². The third-order valence-corrected chi connectivity index (χ3v) is 4.81. The molecule has 112 valence electrons. The summed E-state index contributed by atoms with van der Waals surface area (Å²) in [4.78, 5) is 0.593. The van der Waals surface area contributed by atoms with Crippen LogP contribution < -0.4 is 14.2 Å². The zero-order chi connectivity index (χ0) is 14.6. The monoisotopic (exact) mass is 363 g/mol. The molecule has 1 aliphatic heterocycles. The van der Waals surface area contributed by atoms with E-state index in [0.717, 1.165) is 12.8 Å². The summed E-state index contributed by atoms with van der Waals surface area (Å²) in [5.74, 6) is 1.07. The molecule has 1 aromatic carbocycles. The summed E-state index contributed by atoms with van der Waals surface area (Å²) in [5, 5.41) is 0. The fraction of sp³-hybridized carbons (Fsp3) is 0.538. The maximum atomic E-state index is 12.1.